The Labute approximate surface area is 146 Å². The molecule has 3 rings (SSSR count). The molecule has 0 saturated heterocycles. The predicted octanol–water partition coefficient (Wildman–Crippen LogP) is 3.28. The third-order valence-corrected chi connectivity index (χ3v) is 4.30. The molecule has 6 nitrogen and oxygen atoms in total. The molecule has 0 radical (unpaired) electrons. The Morgan fingerprint density at radius 3 is 2.65 bits per heavy atom. The van der Waals surface area contributed by atoms with Gasteiger partial charge in [-0.2, -0.15) is 0 Å². The van der Waals surface area contributed by atoms with Crippen LogP contribution in [0.15, 0.2) is 28.5 Å². The van der Waals surface area contributed by atoms with E-state index in [1.54, 1.807) is 12.1 Å². The number of nitrogens with zero attached hydrogens (tertiary/aromatic N) is 5. The number of hydrogen-bond acceptors (Lipinski definition) is 6. The van der Waals surface area contributed by atoms with Gasteiger partial charge in [0.2, 0.25) is 0 Å². The van der Waals surface area contributed by atoms with E-state index in [-0.39, 0.29) is 0 Å². The van der Waals surface area contributed by atoms with E-state index < -0.39 is 0 Å². The number of nitrogens with two attached hydrogens (primary N) is 1. The Morgan fingerprint density at radius 2 is 1.96 bits per heavy atom. The van der Waals surface area contributed by atoms with Crippen molar-refractivity contribution in [3.05, 3.63) is 28.8 Å². The second-order valence-electron chi connectivity index (χ2n) is 4.48. The molecule has 0 unspecified atom stereocenters. The molecule has 0 aliphatic rings. The quantitative estimate of drug-likeness (QED) is 0.564. The first kappa shape index (κ1) is 15.9. The number of rotatable bonds is 4. The van der Waals surface area contributed by atoms with Crippen LogP contribution in [0.25, 0.3) is 11.2 Å². The molecule has 0 saturated carbocycles. The van der Waals surface area contributed by atoms with Gasteiger partial charge >= 0.3 is 0 Å². The van der Waals surface area contributed by atoms with E-state index in [2.05, 4.69) is 25.9 Å². The van der Waals surface area contributed by atoms with Crippen molar-refractivity contribution < 1.29 is 0 Å². The van der Waals surface area contributed by atoms with Gasteiger partial charge in [0.15, 0.2) is 22.1 Å². The van der Waals surface area contributed by atoms with Gasteiger partial charge < -0.3 is 10.3 Å². The van der Waals surface area contributed by atoms with Gasteiger partial charge in [-0.3, -0.25) is 0 Å². The molecule has 9 heteroatoms. The van der Waals surface area contributed by atoms with Gasteiger partial charge in [-0.25, -0.2) is 19.9 Å². The average Bonchev–Trinajstić information content (AvgIpc) is 2.83. The maximum Gasteiger partial charge on any atom is 0.175 e. The summed E-state index contributed by atoms with van der Waals surface area (Å²) in [5.74, 6) is 2.93. The van der Waals surface area contributed by atoms with E-state index in [1.165, 1.54) is 18.1 Å². The molecule has 23 heavy (non-hydrogen) atoms. The van der Waals surface area contributed by atoms with Gasteiger partial charge in [-0.1, -0.05) is 35.0 Å². The van der Waals surface area contributed by atoms with Gasteiger partial charge in [-0.05, 0) is 12.1 Å². The van der Waals surface area contributed by atoms with E-state index in [0.717, 1.165) is 4.90 Å². The zero-order chi connectivity index (χ0) is 16.4. The zero-order valence-corrected chi connectivity index (χ0v) is 14.0. The molecule has 3 heterocycles. The Bertz CT molecular complexity index is 897. The minimum atomic E-state index is 0.311. The zero-order valence-electron chi connectivity index (χ0n) is 11.7. The lowest BCUT2D eigenvalue weighted by molar-refractivity contribution is 0.664. The lowest BCUT2D eigenvalue weighted by atomic mass is 10.4. The summed E-state index contributed by atoms with van der Waals surface area (Å²) >= 11 is 13.3. The van der Waals surface area contributed by atoms with Crippen molar-refractivity contribution in [2.75, 3.05) is 5.73 Å². The van der Waals surface area contributed by atoms with E-state index >= 15 is 0 Å². The summed E-state index contributed by atoms with van der Waals surface area (Å²) in [6.45, 7) is 0.568. The number of anilines is 1. The van der Waals surface area contributed by atoms with Crippen molar-refractivity contribution in [1.29, 1.82) is 0 Å². The van der Waals surface area contributed by atoms with Crippen LogP contribution >= 0.6 is 35.0 Å². The molecular formula is C14H10Cl2N6S. The standard InChI is InChI=1S/C14H10Cl2N6S/c1-2-3-4-22-13-11(12(17)18-7-19-13)21-14(22)23-8-5-9(15)20-10(16)6-8/h1,5-7H,3-4H2,(H2,17,18,19). The number of pyridine rings is 1. The number of nitrogen functional groups attached to an aromatic ring is 1. The Kier molecular flexibility index (Phi) is 4.57. The molecular weight excluding hydrogens is 355 g/mol. The van der Waals surface area contributed by atoms with E-state index in [1.807, 2.05) is 4.57 Å². The normalized spacial score (nSPS) is 10.8. The summed E-state index contributed by atoms with van der Waals surface area (Å²) < 4.78 is 1.90. The van der Waals surface area contributed by atoms with Crippen molar-refractivity contribution in [2.45, 2.75) is 23.0 Å². The first-order valence-corrected chi connectivity index (χ1v) is 8.07. The second-order valence-corrected chi connectivity index (χ2v) is 6.30. The monoisotopic (exact) mass is 364 g/mol. The van der Waals surface area contributed by atoms with E-state index in [4.69, 9.17) is 35.4 Å². The molecule has 0 aliphatic heterocycles. The third-order valence-electron chi connectivity index (χ3n) is 2.95. The number of aromatic nitrogens is 5. The molecule has 2 N–H and O–H groups in total. The average molecular weight is 365 g/mol. The molecule has 3 aromatic heterocycles. The van der Waals surface area contributed by atoms with Gasteiger partial charge in [0.1, 0.15) is 16.6 Å². The lowest BCUT2D eigenvalue weighted by Gasteiger charge is -2.06. The van der Waals surface area contributed by atoms with Crippen LogP contribution in [-0.2, 0) is 6.54 Å². The third kappa shape index (κ3) is 3.34. The lowest BCUT2D eigenvalue weighted by Crippen LogP contribution is -2.01. The SMILES string of the molecule is C#CCCn1c(Sc2cc(Cl)nc(Cl)c2)nc2c(N)ncnc21. The molecule has 116 valence electrons. The maximum absolute atomic E-state index is 5.94. The molecule has 0 fully saturated rings. The second kappa shape index (κ2) is 6.62. The number of hydrogen-bond donors (Lipinski definition) is 1. The van der Waals surface area contributed by atoms with Crippen LogP contribution in [0.2, 0.25) is 10.3 Å². The highest BCUT2D eigenvalue weighted by molar-refractivity contribution is 7.99. The first-order chi connectivity index (χ1) is 11.1. The fourth-order valence-electron chi connectivity index (χ4n) is 2.00. The van der Waals surface area contributed by atoms with Crippen molar-refractivity contribution in [1.82, 2.24) is 24.5 Å². The molecule has 3 aromatic rings. The molecule has 0 bridgehead atoms. The first-order valence-electron chi connectivity index (χ1n) is 6.49. The molecule has 0 amide bonds. The van der Waals surface area contributed by atoms with Gasteiger partial charge in [-0.15, -0.1) is 12.3 Å². The number of imidazole rings is 1. The largest absolute Gasteiger partial charge is 0.382 e. The summed E-state index contributed by atoms with van der Waals surface area (Å²) in [4.78, 5) is 17.5. The van der Waals surface area contributed by atoms with E-state index in [0.29, 0.717) is 45.4 Å². The van der Waals surface area contributed by atoms with Gasteiger partial charge in [0.25, 0.3) is 0 Å². The summed E-state index contributed by atoms with van der Waals surface area (Å²) in [7, 11) is 0. The molecule has 0 spiro atoms. The fourth-order valence-corrected chi connectivity index (χ4v) is 3.56. The molecule has 0 aromatic carbocycles. The van der Waals surface area contributed by atoms with Gasteiger partial charge in [0, 0.05) is 17.9 Å². The smallest absolute Gasteiger partial charge is 0.175 e. The Morgan fingerprint density at radius 1 is 1.22 bits per heavy atom. The number of aryl methyl sites for hydroxylation is 1. The summed E-state index contributed by atoms with van der Waals surface area (Å²) in [5, 5.41) is 1.30. The highest BCUT2D eigenvalue weighted by atomic mass is 35.5. The Balaban J connectivity index is 2.08. The summed E-state index contributed by atoms with van der Waals surface area (Å²) in [5.41, 5.74) is 7.06. The van der Waals surface area contributed by atoms with Crippen molar-refractivity contribution in [2.24, 2.45) is 0 Å². The van der Waals surface area contributed by atoms with E-state index in [9.17, 15) is 0 Å². The Hall–Kier alpha value is -2.01. The minimum Gasteiger partial charge on any atom is -0.382 e. The van der Waals surface area contributed by atoms with Crippen molar-refractivity contribution in [3.63, 3.8) is 0 Å². The van der Waals surface area contributed by atoms with Crippen LogP contribution in [0.5, 0.6) is 0 Å². The topological polar surface area (TPSA) is 82.5 Å². The van der Waals surface area contributed by atoms with Crippen molar-refractivity contribution in [3.8, 4) is 12.3 Å². The van der Waals surface area contributed by atoms with Crippen LogP contribution < -0.4 is 5.73 Å². The highest BCUT2D eigenvalue weighted by Crippen LogP contribution is 2.32. The highest BCUT2D eigenvalue weighted by Gasteiger charge is 2.16. The number of halogens is 2. The van der Waals surface area contributed by atoms with Crippen molar-refractivity contribution >= 4 is 51.9 Å². The van der Waals surface area contributed by atoms with Crippen LogP contribution in [0, 0.1) is 12.3 Å². The molecule has 0 aliphatic carbocycles. The van der Waals surface area contributed by atoms with Crippen LogP contribution in [0.3, 0.4) is 0 Å². The minimum absolute atomic E-state index is 0.311. The molecule has 0 atom stereocenters. The van der Waals surface area contributed by atoms with Crippen LogP contribution in [0.1, 0.15) is 6.42 Å². The predicted molar refractivity (Wildman–Crippen MR) is 91.6 cm³/mol. The number of terminal acetylenes is 1. The fraction of sp³-hybridized carbons (Fsp3) is 0.143. The van der Waals surface area contributed by atoms with Crippen LogP contribution in [0.4, 0.5) is 5.82 Å². The summed E-state index contributed by atoms with van der Waals surface area (Å²) in [6.07, 6.45) is 7.32. The number of fused-ring (bicyclic) bond motifs is 1. The summed E-state index contributed by atoms with van der Waals surface area (Å²) in [6, 6.07) is 3.41. The maximum atomic E-state index is 5.94. The van der Waals surface area contributed by atoms with Gasteiger partial charge in [0.05, 0.1) is 0 Å². The van der Waals surface area contributed by atoms with Crippen LogP contribution in [-0.4, -0.2) is 24.5 Å².